The number of hydrogen-bond donors (Lipinski definition) is 1. The van der Waals surface area contributed by atoms with Crippen molar-refractivity contribution in [1.82, 2.24) is 9.62 Å². The van der Waals surface area contributed by atoms with Gasteiger partial charge < -0.3 is 10.1 Å². The summed E-state index contributed by atoms with van der Waals surface area (Å²) in [6.45, 7) is 0.837. The molecule has 0 atom stereocenters. The predicted octanol–water partition coefficient (Wildman–Crippen LogP) is 1.72. The topological polar surface area (TPSA) is 75.7 Å². The van der Waals surface area contributed by atoms with Crippen LogP contribution < -0.4 is 10.1 Å². The van der Waals surface area contributed by atoms with Crippen molar-refractivity contribution in [2.75, 3.05) is 32.2 Å². The van der Waals surface area contributed by atoms with Gasteiger partial charge in [0, 0.05) is 31.3 Å². The molecular weight excluding hydrogens is 348 g/mol. The maximum atomic E-state index is 12.7. The molecule has 2 rings (SSSR count). The van der Waals surface area contributed by atoms with Crippen LogP contribution in [0.4, 0.5) is 0 Å². The highest BCUT2D eigenvalue weighted by molar-refractivity contribution is 7.98. The maximum Gasteiger partial charge on any atom is 0.243 e. The minimum atomic E-state index is -3.49. The zero-order valence-electron chi connectivity index (χ0n) is 14.0. The average Bonchev–Trinajstić information content (AvgIpc) is 2.60. The van der Waals surface area contributed by atoms with E-state index in [4.69, 9.17) is 4.74 Å². The predicted molar refractivity (Wildman–Crippen MR) is 95.9 cm³/mol. The molecule has 0 radical (unpaired) electrons. The van der Waals surface area contributed by atoms with E-state index < -0.39 is 10.0 Å². The normalized spacial score (nSPS) is 16.8. The van der Waals surface area contributed by atoms with Gasteiger partial charge in [0.15, 0.2) is 0 Å². The van der Waals surface area contributed by atoms with Crippen LogP contribution in [0.5, 0.6) is 5.75 Å². The highest BCUT2D eigenvalue weighted by Crippen LogP contribution is 2.22. The highest BCUT2D eigenvalue weighted by Gasteiger charge is 2.29. The van der Waals surface area contributed by atoms with Crippen LogP contribution >= 0.6 is 11.8 Å². The van der Waals surface area contributed by atoms with Gasteiger partial charge in [0.1, 0.15) is 5.75 Å². The number of ether oxygens (including phenoxy) is 1. The molecule has 8 heteroatoms. The summed E-state index contributed by atoms with van der Waals surface area (Å²) >= 11 is 1.64. The Morgan fingerprint density at radius 2 is 1.92 bits per heavy atom. The molecule has 134 valence electrons. The molecule has 1 aliphatic rings. The second-order valence-corrected chi connectivity index (χ2v) is 8.59. The molecule has 6 nitrogen and oxygen atoms in total. The molecule has 0 unspecified atom stereocenters. The lowest BCUT2D eigenvalue weighted by molar-refractivity contribution is -0.121. The lowest BCUT2D eigenvalue weighted by Crippen LogP contribution is -2.46. The standard InChI is InChI=1S/C16H24N2O4S2/c1-22-14-3-5-15(6-4-14)24(20,21)18-10-7-13(8-11-18)17-16(19)9-12-23-2/h3-6,13H,7-12H2,1-2H3,(H,17,19). The largest absolute Gasteiger partial charge is 0.497 e. The van der Waals surface area contributed by atoms with Crippen LogP contribution in [0.3, 0.4) is 0 Å². The summed E-state index contributed by atoms with van der Waals surface area (Å²) in [4.78, 5) is 12.0. The Labute approximate surface area is 148 Å². The molecule has 24 heavy (non-hydrogen) atoms. The Bertz CT molecular complexity index is 639. The summed E-state index contributed by atoms with van der Waals surface area (Å²) in [6, 6.07) is 6.47. The van der Waals surface area contributed by atoms with Crippen molar-refractivity contribution in [3.05, 3.63) is 24.3 Å². The molecular formula is C16H24N2O4S2. The maximum absolute atomic E-state index is 12.7. The van der Waals surface area contributed by atoms with Gasteiger partial charge in [-0.2, -0.15) is 16.1 Å². The molecule has 1 heterocycles. The first-order valence-corrected chi connectivity index (χ1v) is 10.7. The van der Waals surface area contributed by atoms with Crippen molar-refractivity contribution in [1.29, 1.82) is 0 Å². The van der Waals surface area contributed by atoms with E-state index in [-0.39, 0.29) is 16.8 Å². The zero-order chi connectivity index (χ0) is 17.6. The van der Waals surface area contributed by atoms with Crippen LogP contribution in [-0.4, -0.2) is 56.9 Å². The van der Waals surface area contributed by atoms with E-state index in [0.29, 0.717) is 38.1 Å². The number of amides is 1. The molecule has 0 bridgehead atoms. The van der Waals surface area contributed by atoms with E-state index in [2.05, 4.69) is 5.32 Å². The number of nitrogens with zero attached hydrogens (tertiary/aromatic N) is 1. The Morgan fingerprint density at radius 3 is 2.46 bits per heavy atom. The summed E-state index contributed by atoms with van der Waals surface area (Å²) in [6.07, 6.45) is 3.75. The van der Waals surface area contributed by atoms with Crippen molar-refractivity contribution in [2.24, 2.45) is 0 Å². The Morgan fingerprint density at radius 1 is 1.29 bits per heavy atom. The summed E-state index contributed by atoms with van der Waals surface area (Å²) in [7, 11) is -1.95. The first-order valence-electron chi connectivity index (χ1n) is 7.90. The summed E-state index contributed by atoms with van der Waals surface area (Å²) < 4.78 is 31.8. The van der Waals surface area contributed by atoms with E-state index in [1.807, 2.05) is 6.26 Å². The van der Waals surface area contributed by atoms with Gasteiger partial charge in [-0.3, -0.25) is 4.79 Å². The number of benzene rings is 1. The van der Waals surface area contributed by atoms with Crippen molar-refractivity contribution >= 4 is 27.7 Å². The molecule has 1 aromatic carbocycles. The molecule has 0 aromatic heterocycles. The number of methoxy groups -OCH3 is 1. The van der Waals surface area contributed by atoms with Crippen molar-refractivity contribution < 1.29 is 17.9 Å². The second kappa shape index (κ2) is 8.73. The monoisotopic (exact) mass is 372 g/mol. The lowest BCUT2D eigenvalue weighted by atomic mass is 10.1. The second-order valence-electron chi connectivity index (χ2n) is 5.66. The van der Waals surface area contributed by atoms with Crippen LogP contribution in [0.2, 0.25) is 0 Å². The number of carbonyl (C=O) groups excluding carboxylic acids is 1. The van der Waals surface area contributed by atoms with Gasteiger partial charge >= 0.3 is 0 Å². The minimum Gasteiger partial charge on any atom is -0.497 e. The molecule has 1 aliphatic heterocycles. The van der Waals surface area contributed by atoms with Gasteiger partial charge in [-0.15, -0.1) is 0 Å². The van der Waals surface area contributed by atoms with Gasteiger partial charge in [0.2, 0.25) is 15.9 Å². The number of thioether (sulfide) groups is 1. The molecule has 1 N–H and O–H groups in total. The summed E-state index contributed by atoms with van der Waals surface area (Å²) in [5.41, 5.74) is 0. The Hall–Kier alpha value is -1.25. The third-order valence-corrected chi connectivity index (χ3v) is 6.57. The minimum absolute atomic E-state index is 0.0424. The van der Waals surface area contributed by atoms with Crippen LogP contribution in [0, 0.1) is 0 Å². The number of nitrogens with one attached hydrogen (secondary N) is 1. The van der Waals surface area contributed by atoms with Gasteiger partial charge in [-0.1, -0.05) is 0 Å². The fraction of sp³-hybridized carbons (Fsp3) is 0.562. The number of carbonyl (C=O) groups is 1. The van der Waals surface area contributed by atoms with E-state index in [1.165, 1.54) is 4.31 Å². The van der Waals surface area contributed by atoms with E-state index in [0.717, 1.165) is 5.75 Å². The zero-order valence-corrected chi connectivity index (χ0v) is 15.7. The van der Waals surface area contributed by atoms with Gasteiger partial charge in [-0.05, 0) is 43.4 Å². The van der Waals surface area contributed by atoms with E-state index >= 15 is 0 Å². The number of rotatable bonds is 7. The Kier molecular flexibility index (Phi) is 6.94. The van der Waals surface area contributed by atoms with Crippen molar-refractivity contribution in [3.8, 4) is 5.75 Å². The lowest BCUT2D eigenvalue weighted by Gasteiger charge is -2.31. The highest BCUT2D eigenvalue weighted by atomic mass is 32.2. The molecule has 0 aliphatic carbocycles. The smallest absolute Gasteiger partial charge is 0.243 e. The van der Waals surface area contributed by atoms with Gasteiger partial charge in [-0.25, -0.2) is 8.42 Å². The van der Waals surface area contributed by atoms with Crippen LogP contribution in [-0.2, 0) is 14.8 Å². The van der Waals surface area contributed by atoms with Gasteiger partial charge in [0.25, 0.3) is 0 Å². The molecule has 0 spiro atoms. The van der Waals surface area contributed by atoms with Crippen molar-refractivity contribution in [3.63, 3.8) is 0 Å². The first-order chi connectivity index (χ1) is 11.5. The van der Waals surface area contributed by atoms with Crippen LogP contribution in [0.1, 0.15) is 19.3 Å². The van der Waals surface area contributed by atoms with Gasteiger partial charge in [0.05, 0.1) is 12.0 Å². The fourth-order valence-electron chi connectivity index (χ4n) is 2.63. The first kappa shape index (κ1) is 19.1. The Balaban J connectivity index is 1.91. The SMILES string of the molecule is COc1ccc(S(=O)(=O)N2CCC(NC(=O)CCSC)CC2)cc1. The third-order valence-electron chi connectivity index (χ3n) is 4.05. The van der Waals surface area contributed by atoms with Crippen LogP contribution in [0.15, 0.2) is 29.2 Å². The number of hydrogen-bond acceptors (Lipinski definition) is 5. The summed E-state index contributed by atoms with van der Waals surface area (Å²) in [5, 5.41) is 2.99. The average molecular weight is 373 g/mol. The van der Waals surface area contributed by atoms with Crippen LogP contribution in [0.25, 0.3) is 0 Å². The third kappa shape index (κ3) is 4.87. The molecule has 1 amide bonds. The van der Waals surface area contributed by atoms with E-state index in [1.54, 1.807) is 43.1 Å². The summed E-state index contributed by atoms with van der Waals surface area (Å²) in [5.74, 6) is 1.47. The molecule has 1 saturated heterocycles. The quantitative estimate of drug-likeness (QED) is 0.789. The molecule has 1 fully saturated rings. The fourth-order valence-corrected chi connectivity index (χ4v) is 4.49. The number of piperidine rings is 1. The van der Waals surface area contributed by atoms with E-state index in [9.17, 15) is 13.2 Å². The molecule has 1 aromatic rings. The van der Waals surface area contributed by atoms with Crippen molar-refractivity contribution in [2.45, 2.75) is 30.2 Å². The molecule has 0 saturated carbocycles. The number of sulfonamides is 1.